The number of ether oxygens (including phenoxy) is 2. The maximum Gasteiger partial charge on any atom is 0.416 e. The van der Waals surface area contributed by atoms with Crippen LogP contribution in [0, 0.1) is 5.92 Å². The zero-order chi connectivity index (χ0) is 27.8. The first-order valence-corrected chi connectivity index (χ1v) is 14.0. The SMILES string of the molecule is CSC1OC([C@H](NC(=O)[C@H]2NC[C@@H]3CC(c4ccc(C(F)(F)F)cc4)=CCO[C@H]32)[C@H](C)Cl)C(O)C(O)C1O. The smallest absolute Gasteiger partial charge is 0.388 e. The highest BCUT2D eigenvalue weighted by molar-refractivity contribution is 7.99. The molecule has 1 aromatic rings. The number of amides is 1. The van der Waals surface area contributed by atoms with Gasteiger partial charge < -0.3 is 35.4 Å². The summed E-state index contributed by atoms with van der Waals surface area (Å²) < 4.78 is 50.6. The van der Waals surface area contributed by atoms with Gasteiger partial charge in [0, 0.05) is 12.5 Å². The molecular formula is C25H32ClF3N2O6S. The lowest BCUT2D eigenvalue weighted by Crippen LogP contribution is -2.65. The molecule has 3 aliphatic rings. The number of nitrogens with one attached hydrogen (secondary N) is 2. The summed E-state index contributed by atoms with van der Waals surface area (Å²) in [6.45, 7) is 2.26. The van der Waals surface area contributed by atoms with Gasteiger partial charge in [-0.15, -0.1) is 23.4 Å². The van der Waals surface area contributed by atoms with E-state index < -0.39 is 71.1 Å². The lowest BCUT2D eigenvalue weighted by Gasteiger charge is -2.44. The second-order valence-electron chi connectivity index (χ2n) is 9.84. The van der Waals surface area contributed by atoms with Gasteiger partial charge in [-0.05, 0) is 42.9 Å². The number of aliphatic hydroxyl groups excluding tert-OH is 3. The zero-order valence-electron chi connectivity index (χ0n) is 20.8. The molecule has 4 rings (SSSR count). The number of carbonyl (C=O) groups excluding carboxylic acids is 1. The maximum absolute atomic E-state index is 13.4. The fraction of sp³-hybridized carbons (Fsp3) is 0.640. The molecule has 0 aliphatic carbocycles. The number of thioether (sulfide) groups is 1. The molecule has 0 spiro atoms. The Labute approximate surface area is 227 Å². The molecular weight excluding hydrogens is 549 g/mol. The Bertz CT molecular complexity index is 1010. The number of hydrogen-bond donors (Lipinski definition) is 5. The minimum atomic E-state index is -4.41. The molecule has 5 N–H and O–H groups in total. The molecule has 0 saturated carbocycles. The summed E-state index contributed by atoms with van der Waals surface area (Å²) in [5, 5.41) is 36.4. The highest BCUT2D eigenvalue weighted by Crippen LogP contribution is 2.35. The van der Waals surface area contributed by atoms with Crippen molar-refractivity contribution in [3.63, 3.8) is 0 Å². The van der Waals surface area contributed by atoms with Crippen molar-refractivity contribution in [2.45, 2.75) is 72.9 Å². The molecule has 8 nitrogen and oxygen atoms in total. The molecule has 2 saturated heterocycles. The van der Waals surface area contributed by atoms with E-state index in [-0.39, 0.29) is 12.5 Å². The van der Waals surface area contributed by atoms with Crippen molar-refractivity contribution in [2.75, 3.05) is 19.4 Å². The molecule has 1 aromatic carbocycles. The zero-order valence-corrected chi connectivity index (χ0v) is 22.3. The number of hydrogen-bond acceptors (Lipinski definition) is 8. The van der Waals surface area contributed by atoms with E-state index >= 15 is 0 Å². The van der Waals surface area contributed by atoms with E-state index in [1.165, 1.54) is 12.1 Å². The van der Waals surface area contributed by atoms with E-state index in [0.29, 0.717) is 18.5 Å². The minimum Gasteiger partial charge on any atom is -0.388 e. The first kappa shape index (κ1) is 29.6. The molecule has 1 amide bonds. The quantitative estimate of drug-likeness (QED) is 0.323. The second kappa shape index (κ2) is 12.0. The van der Waals surface area contributed by atoms with E-state index in [9.17, 15) is 33.3 Å². The predicted molar refractivity (Wildman–Crippen MR) is 137 cm³/mol. The lowest BCUT2D eigenvalue weighted by molar-refractivity contribution is -0.205. The van der Waals surface area contributed by atoms with Gasteiger partial charge in [-0.2, -0.15) is 13.2 Å². The van der Waals surface area contributed by atoms with Gasteiger partial charge in [-0.1, -0.05) is 18.2 Å². The Balaban J connectivity index is 1.43. The van der Waals surface area contributed by atoms with E-state index in [4.69, 9.17) is 21.1 Å². The topological polar surface area (TPSA) is 120 Å². The van der Waals surface area contributed by atoms with Crippen LogP contribution >= 0.6 is 23.4 Å². The maximum atomic E-state index is 13.4. The summed E-state index contributed by atoms with van der Waals surface area (Å²) in [5.74, 6) is -0.534. The third-order valence-electron chi connectivity index (χ3n) is 7.36. The Morgan fingerprint density at radius 2 is 1.87 bits per heavy atom. The summed E-state index contributed by atoms with van der Waals surface area (Å²) in [6.07, 6.45) is -6.23. The molecule has 5 unspecified atom stereocenters. The summed E-state index contributed by atoms with van der Waals surface area (Å²) in [6, 6.07) is 3.35. The number of allylic oxidation sites excluding steroid dienone is 1. The summed E-state index contributed by atoms with van der Waals surface area (Å²) in [4.78, 5) is 13.4. The molecule has 0 aromatic heterocycles. The van der Waals surface area contributed by atoms with Crippen molar-refractivity contribution in [1.82, 2.24) is 10.6 Å². The van der Waals surface area contributed by atoms with E-state index in [2.05, 4.69) is 10.6 Å². The standard InChI is InChI=1S/C25H32ClF3N2O6S/c1-11(26)16(22-19(33)18(32)20(34)24(37-22)38-2)31-23(35)17-21-14(10-30-17)9-13(7-8-36-21)12-3-5-15(6-4-12)25(27,28)29/h3-7,11,14,16-22,24,30,32-34H,8-10H2,1-2H3,(H,31,35)/t11-,14-,16+,17-,18?,19?,20?,21+,22?,24?/m0/s1. The molecule has 10 atom stereocenters. The van der Waals surface area contributed by atoms with Crippen LogP contribution in [-0.2, 0) is 20.4 Å². The van der Waals surface area contributed by atoms with Crippen molar-refractivity contribution < 1.29 is 42.8 Å². The normalized spacial score (nSPS) is 35.6. The van der Waals surface area contributed by atoms with Crippen LogP contribution in [0.4, 0.5) is 13.2 Å². The fourth-order valence-electron chi connectivity index (χ4n) is 5.26. The third-order valence-corrected chi connectivity index (χ3v) is 8.48. The summed E-state index contributed by atoms with van der Waals surface area (Å²) in [7, 11) is 0. The van der Waals surface area contributed by atoms with Gasteiger partial charge in [0.25, 0.3) is 0 Å². The molecule has 3 heterocycles. The highest BCUT2D eigenvalue weighted by Gasteiger charge is 2.49. The van der Waals surface area contributed by atoms with Gasteiger partial charge in [0.15, 0.2) is 0 Å². The molecule has 3 aliphatic heterocycles. The Morgan fingerprint density at radius 3 is 2.47 bits per heavy atom. The van der Waals surface area contributed by atoms with Crippen LogP contribution < -0.4 is 10.6 Å². The first-order chi connectivity index (χ1) is 17.9. The number of benzene rings is 1. The van der Waals surface area contributed by atoms with Crippen LogP contribution in [0.3, 0.4) is 0 Å². The molecule has 38 heavy (non-hydrogen) atoms. The van der Waals surface area contributed by atoms with Crippen LogP contribution in [0.15, 0.2) is 30.3 Å². The van der Waals surface area contributed by atoms with Crippen molar-refractivity contribution in [1.29, 1.82) is 0 Å². The van der Waals surface area contributed by atoms with E-state index in [0.717, 1.165) is 29.5 Å². The summed E-state index contributed by atoms with van der Waals surface area (Å²) in [5.41, 5.74) is -0.0265. The summed E-state index contributed by atoms with van der Waals surface area (Å²) >= 11 is 7.53. The highest BCUT2D eigenvalue weighted by atomic mass is 35.5. The fourth-order valence-corrected chi connectivity index (χ4v) is 6.14. The number of aliphatic hydroxyl groups is 3. The molecule has 0 bridgehead atoms. The number of alkyl halides is 4. The van der Waals surface area contributed by atoms with Crippen molar-refractivity contribution in [3.05, 3.63) is 41.5 Å². The number of fused-ring (bicyclic) bond motifs is 1. The van der Waals surface area contributed by atoms with Crippen molar-refractivity contribution in [3.8, 4) is 0 Å². The molecule has 13 heteroatoms. The Morgan fingerprint density at radius 1 is 1.18 bits per heavy atom. The molecule has 212 valence electrons. The Kier molecular flexibility index (Phi) is 9.36. The largest absolute Gasteiger partial charge is 0.416 e. The van der Waals surface area contributed by atoms with Crippen LogP contribution in [0.25, 0.3) is 5.57 Å². The minimum absolute atomic E-state index is 0.108. The lowest BCUT2D eigenvalue weighted by atomic mass is 9.90. The number of carbonyl (C=O) groups is 1. The van der Waals surface area contributed by atoms with Crippen LogP contribution in [0.5, 0.6) is 0 Å². The second-order valence-corrected chi connectivity index (χ2v) is 11.5. The van der Waals surface area contributed by atoms with Crippen molar-refractivity contribution in [2.24, 2.45) is 5.92 Å². The average molecular weight is 581 g/mol. The van der Waals surface area contributed by atoms with Gasteiger partial charge >= 0.3 is 6.18 Å². The van der Waals surface area contributed by atoms with Crippen LogP contribution in [0.2, 0.25) is 0 Å². The van der Waals surface area contributed by atoms with Crippen LogP contribution in [0.1, 0.15) is 24.5 Å². The van der Waals surface area contributed by atoms with Crippen LogP contribution in [-0.4, -0.2) is 94.1 Å². The monoisotopic (exact) mass is 580 g/mol. The third kappa shape index (κ3) is 6.17. The average Bonchev–Trinajstić information content (AvgIpc) is 3.15. The molecule has 2 fully saturated rings. The van der Waals surface area contributed by atoms with E-state index in [1.807, 2.05) is 6.08 Å². The van der Waals surface area contributed by atoms with Gasteiger partial charge in [-0.25, -0.2) is 0 Å². The number of halogens is 4. The van der Waals surface area contributed by atoms with Gasteiger partial charge in [0.2, 0.25) is 5.91 Å². The Hall–Kier alpha value is -1.38. The first-order valence-electron chi connectivity index (χ1n) is 12.3. The van der Waals surface area contributed by atoms with Gasteiger partial charge in [0.1, 0.15) is 35.9 Å². The van der Waals surface area contributed by atoms with Gasteiger partial charge in [-0.3, -0.25) is 4.79 Å². The number of rotatable bonds is 6. The predicted octanol–water partition coefficient (Wildman–Crippen LogP) is 1.75. The van der Waals surface area contributed by atoms with Crippen molar-refractivity contribution >= 4 is 34.8 Å². The van der Waals surface area contributed by atoms with Gasteiger partial charge in [0.05, 0.1) is 29.7 Å². The van der Waals surface area contributed by atoms with E-state index in [1.54, 1.807) is 13.2 Å². The molecule has 0 radical (unpaired) electrons.